The molecule has 0 spiro atoms. The van der Waals surface area contributed by atoms with Crippen LogP contribution >= 0.6 is 12.2 Å². The Morgan fingerprint density at radius 2 is 1.90 bits per heavy atom. The van der Waals surface area contributed by atoms with E-state index >= 15 is 0 Å². The molecule has 0 saturated carbocycles. The molecule has 0 aliphatic carbocycles. The number of piperazine rings is 1. The maximum atomic E-state index is 10.7. The van der Waals surface area contributed by atoms with E-state index in [-0.39, 0.29) is 10.6 Å². The number of nitro groups is 1. The number of nitrogens with one attached hydrogen (secondary N) is 1. The van der Waals surface area contributed by atoms with Gasteiger partial charge < -0.3 is 15.1 Å². The molecular weight excluding hydrogens is 288 g/mol. The van der Waals surface area contributed by atoms with Crippen LogP contribution in [0, 0.1) is 10.1 Å². The quantitative estimate of drug-likeness (QED) is 0.521. The van der Waals surface area contributed by atoms with E-state index in [1.165, 1.54) is 0 Å². The summed E-state index contributed by atoms with van der Waals surface area (Å²) >= 11 is 5.36. The van der Waals surface area contributed by atoms with E-state index in [4.69, 9.17) is 12.2 Å². The largest absolute Gasteiger partial charge is 0.368 e. The number of hydrogen-bond acceptors (Lipinski definition) is 4. The molecule has 6 nitrogen and oxygen atoms in total. The number of rotatable bonds is 4. The molecule has 1 heterocycles. The van der Waals surface area contributed by atoms with Gasteiger partial charge >= 0.3 is 0 Å². The first-order chi connectivity index (χ1) is 10.1. The molecule has 1 saturated heterocycles. The van der Waals surface area contributed by atoms with Crippen LogP contribution in [0.4, 0.5) is 11.4 Å². The molecule has 0 aromatic heterocycles. The molecule has 1 aliphatic rings. The summed E-state index contributed by atoms with van der Waals surface area (Å²) < 4.78 is 0. The van der Waals surface area contributed by atoms with Crippen molar-refractivity contribution in [2.45, 2.75) is 13.3 Å². The summed E-state index contributed by atoms with van der Waals surface area (Å²) in [5.41, 5.74) is 1.15. The van der Waals surface area contributed by atoms with Gasteiger partial charge in [-0.2, -0.15) is 0 Å². The maximum Gasteiger partial charge on any atom is 0.269 e. The van der Waals surface area contributed by atoms with Crippen molar-refractivity contribution in [1.29, 1.82) is 0 Å². The van der Waals surface area contributed by atoms with Crippen LogP contribution in [0.5, 0.6) is 0 Å². The summed E-state index contributed by atoms with van der Waals surface area (Å²) in [6.07, 6.45) is 1.06. The molecule has 1 aromatic carbocycles. The number of benzene rings is 1. The van der Waals surface area contributed by atoms with Crippen molar-refractivity contribution >= 4 is 28.7 Å². The van der Waals surface area contributed by atoms with Crippen LogP contribution in [-0.4, -0.2) is 47.7 Å². The fraction of sp³-hybridized carbons (Fsp3) is 0.500. The molecule has 7 heteroatoms. The monoisotopic (exact) mass is 308 g/mol. The molecular formula is C14H20N4O2S. The van der Waals surface area contributed by atoms with Crippen LogP contribution < -0.4 is 10.2 Å². The van der Waals surface area contributed by atoms with Gasteiger partial charge in [-0.05, 0) is 30.8 Å². The summed E-state index contributed by atoms with van der Waals surface area (Å²) in [7, 11) is 0. The normalized spacial score (nSPS) is 14.9. The highest BCUT2D eigenvalue weighted by atomic mass is 32.1. The van der Waals surface area contributed by atoms with Crippen molar-refractivity contribution < 1.29 is 4.92 Å². The van der Waals surface area contributed by atoms with Crippen molar-refractivity contribution in [3.05, 3.63) is 34.4 Å². The van der Waals surface area contributed by atoms with E-state index in [1.54, 1.807) is 24.3 Å². The molecule has 0 unspecified atom stereocenters. The summed E-state index contributed by atoms with van der Waals surface area (Å²) in [4.78, 5) is 14.7. The highest BCUT2D eigenvalue weighted by Gasteiger charge is 2.19. The Hall–Kier alpha value is -1.89. The summed E-state index contributed by atoms with van der Waals surface area (Å²) in [6, 6.07) is 6.72. The first-order valence-corrected chi connectivity index (χ1v) is 7.55. The minimum Gasteiger partial charge on any atom is -0.368 e. The third-order valence-electron chi connectivity index (χ3n) is 3.52. The van der Waals surface area contributed by atoms with E-state index in [0.717, 1.165) is 49.9 Å². The zero-order chi connectivity index (χ0) is 15.2. The second-order valence-electron chi connectivity index (χ2n) is 4.98. The third kappa shape index (κ3) is 4.04. The topological polar surface area (TPSA) is 61.6 Å². The van der Waals surface area contributed by atoms with Gasteiger partial charge in [-0.25, -0.2) is 0 Å². The molecule has 0 bridgehead atoms. The van der Waals surface area contributed by atoms with Gasteiger partial charge in [-0.1, -0.05) is 6.92 Å². The average Bonchev–Trinajstić information content (AvgIpc) is 2.53. The standard InChI is InChI=1S/C14H20N4O2S/c1-2-7-15-14(21)17-10-8-16(9-11-17)12-3-5-13(6-4-12)18(19)20/h3-6H,2,7-11H2,1H3,(H,15,21). The highest BCUT2D eigenvalue weighted by Crippen LogP contribution is 2.20. The summed E-state index contributed by atoms with van der Waals surface area (Å²) in [6.45, 7) is 6.49. The fourth-order valence-electron chi connectivity index (χ4n) is 2.30. The van der Waals surface area contributed by atoms with Crippen molar-refractivity contribution in [3.63, 3.8) is 0 Å². The van der Waals surface area contributed by atoms with Crippen LogP contribution in [0.3, 0.4) is 0 Å². The predicted octanol–water partition coefficient (Wildman–Crippen LogP) is 2.00. The minimum atomic E-state index is -0.375. The lowest BCUT2D eigenvalue weighted by Gasteiger charge is -2.37. The molecule has 0 amide bonds. The van der Waals surface area contributed by atoms with Gasteiger partial charge in [-0.3, -0.25) is 10.1 Å². The maximum absolute atomic E-state index is 10.7. The van der Waals surface area contributed by atoms with E-state index in [2.05, 4.69) is 22.0 Å². The Balaban J connectivity index is 1.88. The molecule has 1 aliphatic heterocycles. The van der Waals surface area contributed by atoms with Gasteiger partial charge in [0.25, 0.3) is 5.69 Å². The number of nitrogens with zero attached hydrogens (tertiary/aromatic N) is 3. The highest BCUT2D eigenvalue weighted by molar-refractivity contribution is 7.80. The lowest BCUT2D eigenvalue weighted by atomic mass is 10.2. The number of non-ortho nitro benzene ring substituents is 1. The zero-order valence-electron chi connectivity index (χ0n) is 12.1. The lowest BCUT2D eigenvalue weighted by molar-refractivity contribution is -0.384. The average molecular weight is 308 g/mol. The first-order valence-electron chi connectivity index (χ1n) is 7.14. The van der Waals surface area contributed by atoms with Crippen molar-refractivity contribution in [1.82, 2.24) is 10.2 Å². The Labute approximate surface area is 129 Å². The van der Waals surface area contributed by atoms with Gasteiger partial charge in [-0.15, -0.1) is 0 Å². The molecule has 1 fully saturated rings. The van der Waals surface area contributed by atoms with Gasteiger partial charge in [0.2, 0.25) is 0 Å². The smallest absolute Gasteiger partial charge is 0.269 e. The van der Waals surface area contributed by atoms with Crippen molar-refractivity contribution in [2.24, 2.45) is 0 Å². The van der Waals surface area contributed by atoms with E-state index < -0.39 is 0 Å². The molecule has 0 atom stereocenters. The third-order valence-corrected chi connectivity index (χ3v) is 3.92. The van der Waals surface area contributed by atoms with E-state index in [0.29, 0.717) is 0 Å². The van der Waals surface area contributed by atoms with Gasteiger partial charge in [0.1, 0.15) is 0 Å². The SMILES string of the molecule is CCCNC(=S)N1CCN(c2ccc([N+](=O)[O-])cc2)CC1. The summed E-state index contributed by atoms with van der Waals surface area (Å²) in [5, 5.41) is 14.7. The zero-order valence-corrected chi connectivity index (χ0v) is 12.9. The Morgan fingerprint density at radius 1 is 1.29 bits per heavy atom. The van der Waals surface area contributed by atoms with Crippen LogP contribution in [0.25, 0.3) is 0 Å². The van der Waals surface area contributed by atoms with E-state index in [1.807, 2.05) is 0 Å². The predicted molar refractivity (Wildman–Crippen MR) is 87.8 cm³/mol. The number of nitro benzene ring substituents is 1. The minimum absolute atomic E-state index is 0.127. The molecule has 1 N–H and O–H groups in total. The molecule has 2 rings (SSSR count). The van der Waals surface area contributed by atoms with Crippen LogP contribution in [-0.2, 0) is 0 Å². The van der Waals surface area contributed by atoms with Crippen molar-refractivity contribution in [2.75, 3.05) is 37.6 Å². The van der Waals surface area contributed by atoms with Crippen LogP contribution in [0.15, 0.2) is 24.3 Å². The van der Waals surface area contributed by atoms with E-state index in [9.17, 15) is 10.1 Å². The molecule has 21 heavy (non-hydrogen) atoms. The molecule has 0 radical (unpaired) electrons. The number of thiocarbonyl (C=S) groups is 1. The number of hydrogen-bond donors (Lipinski definition) is 1. The Kier molecular flexibility index (Phi) is 5.32. The second kappa shape index (κ2) is 7.21. The lowest BCUT2D eigenvalue weighted by Crippen LogP contribution is -2.51. The van der Waals surface area contributed by atoms with Crippen molar-refractivity contribution in [3.8, 4) is 0 Å². The fourth-order valence-corrected chi connectivity index (χ4v) is 2.58. The molecule has 114 valence electrons. The van der Waals surface area contributed by atoms with Crippen LogP contribution in [0.2, 0.25) is 0 Å². The van der Waals surface area contributed by atoms with Gasteiger partial charge in [0.05, 0.1) is 4.92 Å². The van der Waals surface area contributed by atoms with Gasteiger partial charge in [0, 0.05) is 50.5 Å². The van der Waals surface area contributed by atoms with Gasteiger partial charge in [0.15, 0.2) is 5.11 Å². The first kappa shape index (κ1) is 15.5. The number of anilines is 1. The second-order valence-corrected chi connectivity index (χ2v) is 5.37. The van der Waals surface area contributed by atoms with Crippen LogP contribution in [0.1, 0.15) is 13.3 Å². The summed E-state index contributed by atoms with van der Waals surface area (Å²) in [5.74, 6) is 0. The Bertz CT molecular complexity index is 498. The Morgan fingerprint density at radius 3 is 2.43 bits per heavy atom. The molecule has 1 aromatic rings.